The van der Waals surface area contributed by atoms with Crippen molar-refractivity contribution in [3.05, 3.63) is 52.8 Å². The first-order valence-electron chi connectivity index (χ1n) is 10.5. The zero-order chi connectivity index (χ0) is 21.5. The molecular formula is C25H27FO4. The van der Waals surface area contributed by atoms with Crippen LogP contribution >= 0.6 is 0 Å². The van der Waals surface area contributed by atoms with Gasteiger partial charge in [0.15, 0.2) is 5.78 Å². The fourth-order valence-electron chi connectivity index (χ4n) is 4.97. The van der Waals surface area contributed by atoms with E-state index in [2.05, 4.69) is 19.9 Å². The van der Waals surface area contributed by atoms with E-state index in [0.717, 1.165) is 43.2 Å². The molecule has 1 saturated carbocycles. The van der Waals surface area contributed by atoms with Gasteiger partial charge in [0.05, 0.1) is 7.11 Å². The second-order valence-electron chi connectivity index (χ2n) is 9.19. The molecule has 1 fully saturated rings. The van der Waals surface area contributed by atoms with Gasteiger partial charge in [-0.1, -0.05) is 44.9 Å². The lowest BCUT2D eigenvalue weighted by Crippen LogP contribution is -2.28. The highest BCUT2D eigenvalue weighted by molar-refractivity contribution is 6.07. The van der Waals surface area contributed by atoms with E-state index in [-0.39, 0.29) is 22.9 Å². The summed E-state index contributed by atoms with van der Waals surface area (Å²) in [5, 5.41) is 0. The Hall–Kier alpha value is -2.69. The van der Waals surface area contributed by atoms with Crippen molar-refractivity contribution < 1.29 is 23.5 Å². The Balaban J connectivity index is 2.02. The van der Waals surface area contributed by atoms with Crippen LogP contribution in [0.3, 0.4) is 0 Å². The van der Waals surface area contributed by atoms with E-state index < -0.39 is 6.16 Å². The maximum absolute atomic E-state index is 13.6. The smallest absolute Gasteiger partial charge is 0.437 e. The topological polar surface area (TPSA) is 52.6 Å². The predicted molar refractivity (Wildman–Crippen MR) is 113 cm³/mol. The van der Waals surface area contributed by atoms with E-state index in [1.807, 2.05) is 0 Å². The lowest BCUT2D eigenvalue weighted by atomic mass is 9.70. The highest BCUT2D eigenvalue weighted by Crippen LogP contribution is 2.49. The molecule has 0 N–H and O–H groups in total. The van der Waals surface area contributed by atoms with Crippen LogP contribution in [0.4, 0.5) is 9.18 Å². The van der Waals surface area contributed by atoms with Gasteiger partial charge < -0.3 is 9.47 Å². The molecule has 0 atom stereocenters. The van der Waals surface area contributed by atoms with Crippen molar-refractivity contribution in [1.82, 2.24) is 0 Å². The van der Waals surface area contributed by atoms with Crippen molar-refractivity contribution in [3.8, 4) is 16.9 Å². The van der Waals surface area contributed by atoms with Gasteiger partial charge in [0, 0.05) is 17.5 Å². The predicted octanol–water partition coefficient (Wildman–Crippen LogP) is 6.45. The number of rotatable bonds is 3. The monoisotopic (exact) mass is 410 g/mol. The van der Waals surface area contributed by atoms with Crippen LogP contribution in [0.25, 0.3) is 11.1 Å². The number of methoxy groups -OCH3 is 1. The van der Waals surface area contributed by atoms with E-state index in [1.165, 1.54) is 19.2 Å². The Labute approximate surface area is 176 Å². The molecule has 2 aliphatic carbocycles. The minimum Gasteiger partial charge on any atom is -0.437 e. The number of fused-ring (bicyclic) bond motifs is 1. The second kappa shape index (κ2) is 7.86. The normalized spacial score (nSPS) is 18.2. The number of ether oxygens (including phenoxy) is 2. The lowest BCUT2D eigenvalue weighted by molar-refractivity contribution is 0.0910. The number of ketones is 1. The summed E-state index contributed by atoms with van der Waals surface area (Å²) in [6.45, 7) is 4.19. The quantitative estimate of drug-likeness (QED) is 0.431. The maximum Gasteiger partial charge on any atom is 0.513 e. The third-order valence-electron chi connectivity index (χ3n) is 6.26. The molecular weight excluding hydrogens is 383 g/mol. The molecule has 5 heteroatoms. The van der Waals surface area contributed by atoms with Crippen LogP contribution in [0.2, 0.25) is 0 Å². The Morgan fingerprint density at radius 3 is 2.37 bits per heavy atom. The number of benzene rings is 2. The average molecular weight is 410 g/mol. The van der Waals surface area contributed by atoms with E-state index in [4.69, 9.17) is 9.47 Å². The van der Waals surface area contributed by atoms with Gasteiger partial charge in [0.1, 0.15) is 11.6 Å². The highest BCUT2D eigenvalue weighted by Gasteiger charge is 2.37. The van der Waals surface area contributed by atoms with Crippen LogP contribution in [0, 0.1) is 11.2 Å². The van der Waals surface area contributed by atoms with Crippen molar-refractivity contribution in [2.24, 2.45) is 5.41 Å². The fraction of sp³-hybridized carbons (Fsp3) is 0.440. The Morgan fingerprint density at radius 2 is 1.73 bits per heavy atom. The molecule has 0 unspecified atom stereocenters. The number of hydrogen-bond donors (Lipinski definition) is 0. The van der Waals surface area contributed by atoms with Crippen molar-refractivity contribution in [2.75, 3.05) is 7.11 Å². The zero-order valence-electron chi connectivity index (χ0n) is 17.7. The summed E-state index contributed by atoms with van der Waals surface area (Å²) in [4.78, 5) is 25.4. The second-order valence-corrected chi connectivity index (χ2v) is 9.19. The Kier molecular flexibility index (Phi) is 5.39. The van der Waals surface area contributed by atoms with Crippen LogP contribution in [0.1, 0.15) is 73.4 Å². The SMILES string of the molecule is COC(=O)Oc1c(C2CCCC2)cc2c(c1-c1ccc(F)cc1)C(=O)CC(C)(C)C2. The van der Waals surface area contributed by atoms with Crippen molar-refractivity contribution in [1.29, 1.82) is 0 Å². The lowest BCUT2D eigenvalue weighted by Gasteiger charge is -2.33. The van der Waals surface area contributed by atoms with Crippen LogP contribution in [0.5, 0.6) is 5.75 Å². The third-order valence-corrected chi connectivity index (χ3v) is 6.26. The summed E-state index contributed by atoms with van der Waals surface area (Å²) in [5.41, 5.74) is 3.62. The van der Waals surface area contributed by atoms with E-state index in [0.29, 0.717) is 28.9 Å². The minimum atomic E-state index is -0.818. The molecule has 0 aliphatic heterocycles. The van der Waals surface area contributed by atoms with Crippen molar-refractivity contribution in [3.63, 3.8) is 0 Å². The first kappa shape index (κ1) is 20.6. The first-order chi connectivity index (χ1) is 14.3. The van der Waals surface area contributed by atoms with E-state index in [1.54, 1.807) is 12.1 Å². The van der Waals surface area contributed by atoms with Gasteiger partial charge in [-0.15, -0.1) is 0 Å². The maximum atomic E-state index is 13.6. The minimum absolute atomic E-state index is 0.0215. The molecule has 2 aliphatic rings. The van der Waals surface area contributed by atoms with Crippen LogP contribution in [-0.4, -0.2) is 19.0 Å². The zero-order valence-corrected chi connectivity index (χ0v) is 17.7. The van der Waals surface area contributed by atoms with E-state index in [9.17, 15) is 14.0 Å². The van der Waals surface area contributed by atoms with Crippen molar-refractivity contribution >= 4 is 11.9 Å². The molecule has 30 heavy (non-hydrogen) atoms. The summed E-state index contributed by atoms with van der Waals surface area (Å²) < 4.78 is 24.1. The number of halogens is 1. The molecule has 158 valence electrons. The Morgan fingerprint density at radius 1 is 1.07 bits per heavy atom. The van der Waals surface area contributed by atoms with Crippen LogP contribution in [0.15, 0.2) is 30.3 Å². The molecule has 0 radical (unpaired) electrons. The van der Waals surface area contributed by atoms with Gasteiger partial charge in [-0.25, -0.2) is 9.18 Å². The average Bonchev–Trinajstić information content (AvgIpc) is 3.22. The van der Waals surface area contributed by atoms with Gasteiger partial charge in [-0.2, -0.15) is 0 Å². The van der Waals surface area contributed by atoms with Gasteiger partial charge >= 0.3 is 6.16 Å². The van der Waals surface area contributed by atoms with Crippen LogP contribution in [-0.2, 0) is 11.2 Å². The van der Waals surface area contributed by atoms with Gasteiger partial charge in [0.2, 0.25) is 0 Å². The molecule has 0 heterocycles. The number of carbonyl (C=O) groups is 2. The molecule has 4 rings (SSSR count). The van der Waals surface area contributed by atoms with Gasteiger partial charge in [-0.3, -0.25) is 4.79 Å². The summed E-state index contributed by atoms with van der Waals surface area (Å²) in [6.07, 6.45) is 4.62. The number of hydrogen-bond acceptors (Lipinski definition) is 4. The fourth-order valence-corrected chi connectivity index (χ4v) is 4.97. The van der Waals surface area contributed by atoms with E-state index >= 15 is 0 Å². The molecule has 0 amide bonds. The van der Waals surface area contributed by atoms with Gasteiger partial charge in [-0.05, 0) is 59.4 Å². The Bertz CT molecular complexity index is 985. The summed E-state index contributed by atoms with van der Waals surface area (Å²) in [7, 11) is 1.27. The molecule has 2 aromatic carbocycles. The largest absolute Gasteiger partial charge is 0.513 e. The molecule has 0 spiro atoms. The van der Waals surface area contributed by atoms with Crippen LogP contribution < -0.4 is 4.74 Å². The van der Waals surface area contributed by atoms with Gasteiger partial charge in [0.25, 0.3) is 0 Å². The molecule has 4 nitrogen and oxygen atoms in total. The molecule has 0 bridgehead atoms. The first-order valence-corrected chi connectivity index (χ1v) is 10.5. The third kappa shape index (κ3) is 3.85. The summed E-state index contributed by atoms with van der Waals surface area (Å²) >= 11 is 0. The van der Waals surface area contributed by atoms with Crippen molar-refractivity contribution in [2.45, 2.75) is 58.3 Å². The molecule has 0 aromatic heterocycles. The standard InChI is InChI=1S/C25H27FO4/c1-25(2)13-17-12-19(15-6-4-5-7-15)23(30-24(28)29-3)22(21(17)20(27)14-25)16-8-10-18(26)11-9-16/h8-12,15H,4-7,13-14H2,1-3H3. The number of Topliss-reactive ketones (excluding diaryl/α,β-unsaturated/α-hetero) is 1. The highest BCUT2D eigenvalue weighted by atomic mass is 19.1. The molecule has 0 saturated heterocycles. The summed E-state index contributed by atoms with van der Waals surface area (Å²) in [5.74, 6) is 0.303. The summed E-state index contributed by atoms with van der Waals surface area (Å²) in [6, 6.07) is 8.07. The molecule has 2 aromatic rings. The number of carbonyl (C=O) groups excluding carboxylic acids is 2.